The molecule has 1 saturated carbocycles. The molecule has 4 nitrogen and oxygen atoms in total. The van der Waals surface area contributed by atoms with Gasteiger partial charge in [0.15, 0.2) is 0 Å². The maximum absolute atomic E-state index is 12.5. The van der Waals surface area contributed by atoms with Gasteiger partial charge in [-0.3, -0.25) is 9.59 Å². The first-order valence-electron chi connectivity index (χ1n) is 9.17. The van der Waals surface area contributed by atoms with Crippen LogP contribution in [0.4, 0.5) is 5.69 Å². The van der Waals surface area contributed by atoms with Crippen molar-refractivity contribution in [3.8, 4) is 0 Å². The Kier molecular flexibility index (Phi) is 6.83. The zero-order chi connectivity index (χ0) is 17.5. The Morgan fingerprint density at radius 1 is 1.00 bits per heavy atom. The molecular formula is C20H30N2O2. The molecule has 0 aliphatic heterocycles. The Hall–Kier alpha value is -1.84. The summed E-state index contributed by atoms with van der Waals surface area (Å²) in [6.07, 6.45) is 5.32. The normalized spacial score (nSPS) is 20.5. The van der Waals surface area contributed by atoms with Gasteiger partial charge in [0.25, 0.3) is 0 Å². The lowest BCUT2D eigenvalue weighted by Crippen LogP contribution is -2.36. The van der Waals surface area contributed by atoms with Gasteiger partial charge < -0.3 is 10.6 Å². The van der Waals surface area contributed by atoms with E-state index in [1.165, 1.54) is 0 Å². The SMILES string of the molecule is CCCCNC(=O)C1CCC(C(=O)Nc2c(C)cccc2C)CC1. The van der Waals surface area contributed by atoms with Crippen LogP contribution in [0, 0.1) is 25.7 Å². The zero-order valence-electron chi connectivity index (χ0n) is 15.2. The summed E-state index contributed by atoms with van der Waals surface area (Å²) in [7, 11) is 0. The molecule has 0 atom stereocenters. The molecule has 2 rings (SSSR count). The summed E-state index contributed by atoms with van der Waals surface area (Å²) in [4.78, 5) is 24.7. The maximum Gasteiger partial charge on any atom is 0.227 e. The van der Waals surface area contributed by atoms with E-state index < -0.39 is 0 Å². The van der Waals surface area contributed by atoms with E-state index >= 15 is 0 Å². The van der Waals surface area contributed by atoms with Crippen molar-refractivity contribution < 1.29 is 9.59 Å². The molecule has 4 heteroatoms. The number of hydrogen-bond donors (Lipinski definition) is 2. The van der Waals surface area contributed by atoms with Crippen LogP contribution in [0.25, 0.3) is 0 Å². The fourth-order valence-corrected chi connectivity index (χ4v) is 3.39. The fraction of sp³-hybridized carbons (Fsp3) is 0.600. The first-order valence-corrected chi connectivity index (χ1v) is 9.17. The number of benzene rings is 1. The Labute approximate surface area is 145 Å². The second-order valence-corrected chi connectivity index (χ2v) is 6.95. The van der Waals surface area contributed by atoms with Crippen molar-refractivity contribution in [2.24, 2.45) is 11.8 Å². The van der Waals surface area contributed by atoms with Gasteiger partial charge in [-0.05, 0) is 57.1 Å². The zero-order valence-corrected chi connectivity index (χ0v) is 15.2. The first-order chi connectivity index (χ1) is 11.5. The van der Waals surface area contributed by atoms with Crippen molar-refractivity contribution in [3.63, 3.8) is 0 Å². The topological polar surface area (TPSA) is 58.2 Å². The number of carbonyl (C=O) groups excluding carboxylic acids is 2. The van der Waals surface area contributed by atoms with Crippen molar-refractivity contribution in [2.75, 3.05) is 11.9 Å². The molecule has 0 unspecified atom stereocenters. The van der Waals surface area contributed by atoms with E-state index in [4.69, 9.17) is 0 Å². The Morgan fingerprint density at radius 2 is 1.54 bits per heavy atom. The molecule has 1 aliphatic rings. The summed E-state index contributed by atoms with van der Waals surface area (Å²) >= 11 is 0. The van der Waals surface area contributed by atoms with Gasteiger partial charge in [-0.1, -0.05) is 31.5 Å². The maximum atomic E-state index is 12.5. The molecule has 1 aromatic rings. The summed E-state index contributed by atoms with van der Waals surface area (Å²) in [5, 5.41) is 6.11. The number of para-hydroxylation sites is 1. The van der Waals surface area contributed by atoms with Crippen molar-refractivity contribution in [1.29, 1.82) is 0 Å². The molecule has 0 aromatic heterocycles. The number of amides is 2. The van der Waals surface area contributed by atoms with Crippen LogP contribution in [0.2, 0.25) is 0 Å². The highest BCUT2D eigenvalue weighted by Gasteiger charge is 2.30. The highest BCUT2D eigenvalue weighted by molar-refractivity contribution is 5.94. The van der Waals surface area contributed by atoms with E-state index in [0.29, 0.717) is 0 Å². The number of unbranched alkanes of at least 4 members (excludes halogenated alkanes) is 1. The summed E-state index contributed by atoms with van der Waals surface area (Å²) < 4.78 is 0. The minimum atomic E-state index is 0.0173. The van der Waals surface area contributed by atoms with Gasteiger partial charge in [0.1, 0.15) is 0 Å². The van der Waals surface area contributed by atoms with E-state index in [0.717, 1.165) is 61.9 Å². The van der Waals surface area contributed by atoms with E-state index in [2.05, 4.69) is 17.6 Å². The van der Waals surface area contributed by atoms with Crippen LogP contribution in [-0.2, 0) is 9.59 Å². The van der Waals surface area contributed by atoms with Gasteiger partial charge in [0.05, 0.1) is 0 Å². The molecule has 132 valence electrons. The van der Waals surface area contributed by atoms with Crippen LogP contribution in [-0.4, -0.2) is 18.4 Å². The largest absolute Gasteiger partial charge is 0.356 e. The Balaban J connectivity index is 1.83. The Bertz CT molecular complexity index is 555. The minimum Gasteiger partial charge on any atom is -0.356 e. The lowest BCUT2D eigenvalue weighted by Gasteiger charge is -2.27. The van der Waals surface area contributed by atoms with Crippen LogP contribution in [0.15, 0.2) is 18.2 Å². The number of hydrogen-bond acceptors (Lipinski definition) is 2. The number of aryl methyl sites for hydroxylation is 2. The van der Waals surface area contributed by atoms with Crippen molar-refractivity contribution in [1.82, 2.24) is 5.32 Å². The third-order valence-corrected chi connectivity index (χ3v) is 5.03. The van der Waals surface area contributed by atoms with Crippen LogP contribution < -0.4 is 10.6 Å². The van der Waals surface area contributed by atoms with E-state index in [1.54, 1.807) is 0 Å². The lowest BCUT2D eigenvalue weighted by molar-refractivity contribution is -0.128. The second-order valence-electron chi connectivity index (χ2n) is 6.95. The predicted octanol–water partition coefficient (Wildman–Crippen LogP) is 3.96. The van der Waals surface area contributed by atoms with E-state index in [9.17, 15) is 9.59 Å². The highest BCUT2D eigenvalue weighted by Crippen LogP contribution is 2.30. The lowest BCUT2D eigenvalue weighted by atomic mass is 9.81. The molecular weight excluding hydrogens is 300 g/mol. The average Bonchev–Trinajstić information content (AvgIpc) is 2.58. The fourth-order valence-electron chi connectivity index (χ4n) is 3.39. The van der Waals surface area contributed by atoms with Gasteiger partial charge >= 0.3 is 0 Å². The monoisotopic (exact) mass is 330 g/mol. The third-order valence-electron chi connectivity index (χ3n) is 5.03. The average molecular weight is 330 g/mol. The molecule has 0 saturated heterocycles. The number of carbonyl (C=O) groups is 2. The van der Waals surface area contributed by atoms with E-state index in [1.807, 2.05) is 32.0 Å². The smallest absolute Gasteiger partial charge is 0.227 e. The molecule has 2 amide bonds. The van der Waals surface area contributed by atoms with Gasteiger partial charge in [-0.15, -0.1) is 0 Å². The number of rotatable bonds is 6. The third kappa shape index (κ3) is 4.83. The van der Waals surface area contributed by atoms with Crippen molar-refractivity contribution >= 4 is 17.5 Å². The van der Waals surface area contributed by atoms with Crippen LogP contribution >= 0.6 is 0 Å². The summed E-state index contributed by atoms with van der Waals surface area (Å²) in [6.45, 7) is 6.91. The van der Waals surface area contributed by atoms with E-state index in [-0.39, 0.29) is 23.7 Å². The predicted molar refractivity (Wildman–Crippen MR) is 97.9 cm³/mol. The summed E-state index contributed by atoms with van der Waals surface area (Å²) in [6, 6.07) is 6.03. The van der Waals surface area contributed by atoms with Crippen molar-refractivity contribution in [3.05, 3.63) is 29.3 Å². The number of nitrogens with one attached hydrogen (secondary N) is 2. The summed E-state index contributed by atoms with van der Waals surface area (Å²) in [5.41, 5.74) is 3.11. The van der Waals surface area contributed by atoms with Gasteiger partial charge in [-0.25, -0.2) is 0 Å². The van der Waals surface area contributed by atoms with Gasteiger partial charge in [0, 0.05) is 24.1 Å². The van der Waals surface area contributed by atoms with Crippen LogP contribution in [0.3, 0.4) is 0 Å². The highest BCUT2D eigenvalue weighted by atomic mass is 16.2. The van der Waals surface area contributed by atoms with Gasteiger partial charge in [-0.2, -0.15) is 0 Å². The molecule has 2 N–H and O–H groups in total. The molecule has 1 aromatic carbocycles. The molecule has 0 heterocycles. The van der Waals surface area contributed by atoms with Crippen LogP contribution in [0.5, 0.6) is 0 Å². The van der Waals surface area contributed by atoms with Gasteiger partial charge in [0.2, 0.25) is 11.8 Å². The second kappa shape index (κ2) is 8.86. The molecule has 1 fully saturated rings. The molecule has 1 aliphatic carbocycles. The quantitative estimate of drug-likeness (QED) is 0.776. The van der Waals surface area contributed by atoms with Crippen molar-refractivity contribution in [2.45, 2.75) is 59.3 Å². The number of anilines is 1. The molecule has 0 spiro atoms. The minimum absolute atomic E-state index is 0.0173. The van der Waals surface area contributed by atoms with Crippen LogP contribution in [0.1, 0.15) is 56.6 Å². The molecule has 24 heavy (non-hydrogen) atoms. The first kappa shape index (κ1) is 18.5. The molecule has 0 bridgehead atoms. The standard InChI is InChI=1S/C20H30N2O2/c1-4-5-13-21-19(23)16-9-11-17(12-10-16)20(24)22-18-14(2)7-6-8-15(18)3/h6-8,16-17H,4-5,9-13H2,1-3H3,(H,21,23)(H,22,24). The Morgan fingerprint density at radius 3 is 2.08 bits per heavy atom. The molecule has 0 radical (unpaired) electrons. The summed E-state index contributed by atoms with van der Waals surface area (Å²) in [5.74, 6) is 0.351.